The summed E-state index contributed by atoms with van der Waals surface area (Å²) in [6.07, 6.45) is 1.97. The SMILES string of the molecule is N=C(N)NCCCCOC(=O)c1ccc(C[C@H](NC(=O)[C@@H]2CCCN2S(=O)(=O)c2ccccc2)C(=O)O)cc1. The number of nitrogens with two attached hydrogens (primary N) is 1. The first-order valence-electron chi connectivity index (χ1n) is 12.5. The third kappa shape index (κ3) is 8.26. The normalized spacial score (nSPS) is 16.3. The summed E-state index contributed by atoms with van der Waals surface area (Å²) in [6, 6.07) is 11.7. The van der Waals surface area contributed by atoms with Gasteiger partial charge in [-0.25, -0.2) is 18.0 Å². The van der Waals surface area contributed by atoms with Crippen LogP contribution in [0.15, 0.2) is 59.5 Å². The van der Waals surface area contributed by atoms with Crippen molar-refractivity contribution in [2.24, 2.45) is 5.73 Å². The van der Waals surface area contributed by atoms with Gasteiger partial charge in [0.05, 0.1) is 17.1 Å². The van der Waals surface area contributed by atoms with E-state index < -0.39 is 40.0 Å². The van der Waals surface area contributed by atoms with Gasteiger partial charge in [-0.2, -0.15) is 4.31 Å². The minimum absolute atomic E-state index is 0.0578. The molecule has 1 aliphatic rings. The van der Waals surface area contributed by atoms with Crippen molar-refractivity contribution < 1.29 is 32.6 Å². The minimum atomic E-state index is -3.91. The number of carboxylic acids is 1. The number of ether oxygens (including phenoxy) is 1. The van der Waals surface area contributed by atoms with E-state index in [1.807, 2.05) is 0 Å². The molecule has 1 aliphatic heterocycles. The summed E-state index contributed by atoms with van der Waals surface area (Å²) < 4.78 is 32.5. The van der Waals surface area contributed by atoms with Gasteiger partial charge in [0.2, 0.25) is 15.9 Å². The Morgan fingerprint density at radius 2 is 1.79 bits per heavy atom. The molecule has 3 rings (SSSR count). The molecule has 0 aromatic heterocycles. The number of unbranched alkanes of at least 4 members (excludes halogenated alkanes) is 1. The fourth-order valence-electron chi connectivity index (χ4n) is 4.20. The highest BCUT2D eigenvalue weighted by atomic mass is 32.2. The van der Waals surface area contributed by atoms with Crippen LogP contribution >= 0.6 is 0 Å². The maximum absolute atomic E-state index is 13.1. The average molecular weight is 560 g/mol. The van der Waals surface area contributed by atoms with Gasteiger partial charge < -0.3 is 26.2 Å². The van der Waals surface area contributed by atoms with Gasteiger partial charge in [0.25, 0.3) is 0 Å². The molecule has 12 nitrogen and oxygen atoms in total. The monoisotopic (exact) mass is 559 g/mol. The minimum Gasteiger partial charge on any atom is -0.480 e. The molecule has 13 heteroatoms. The van der Waals surface area contributed by atoms with E-state index in [0.717, 1.165) is 4.31 Å². The van der Waals surface area contributed by atoms with E-state index in [9.17, 15) is 27.9 Å². The summed E-state index contributed by atoms with van der Waals surface area (Å²) in [4.78, 5) is 37.2. The Bertz CT molecular complexity index is 1270. The number of guanidine groups is 1. The molecular formula is C26H33N5O7S. The number of amides is 1. The Morgan fingerprint density at radius 3 is 2.44 bits per heavy atom. The van der Waals surface area contributed by atoms with Gasteiger partial charge in [-0.1, -0.05) is 30.3 Å². The maximum atomic E-state index is 13.1. The van der Waals surface area contributed by atoms with Crippen LogP contribution in [0.2, 0.25) is 0 Å². The van der Waals surface area contributed by atoms with Crippen molar-refractivity contribution >= 4 is 33.8 Å². The number of benzene rings is 2. The molecule has 2 atom stereocenters. The molecule has 6 N–H and O–H groups in total. The first kappa shape index (κ1) is 29.6. The molecule has 0 aliphatic carbocycles. The van der Waals surface area contributed by atoms with Crippen molar-refractivity contribution in [1.29, 1.82) is 5.41 Å². The molecule has 0 spiro atoms. The fourth-order valence-corrected chi connectivity index (χ4v) is 5.87. The van der Waals surface area contributed by atoms with Gasteiger partial charge in [0.1, 0.15) is 12.1 Å². The third-order valence-electron chi connectivity index (χ3n) is 6.22. The number of carbonyl (C=O) groups is 3. The summed E-state index contributed by atoms with van der Waals surface area (Å²) in [5.41, 5.74) is 6.05. The standard InChI is InChI=1S/C26H33N5O7S/c27-26(28)29-14-4-5-16-38-25(35)19-12-10-18(11-13-19)17-21(24(33)34)30-23(32)22-9-6-15-31(22)39(36,37)20-7-2-1-3-8-20/h1-3,7-8,10-13,21-22H,4-6,9,14-17H2,(H,30,32)(H,33,34)(H4,27,28,29)/t21-,22-/m0/s1. The summed E-state index contributed by atoms with van der Waals surface area (Å²) in [7, 11) is -3.91. The zero-order chi connectivity index (χ0) is 28.4. The lowest BCUT2D eigenvalue weighted by Crippen LogP contribution is -2.51. The van der Waals surface area contributed by atoms with Gasteiger partial charge >= 0.3 is 11.9 Å². The zero-order valence-electron chi connectivity index (χ0n) is 21.3. The topological polar surface area (TPSA) is 192 Å². The first-order valence-corrected chi connectivity index (χ1v) is 14.0. The van der Waals surface area contributed by atoms with Crippen molar-refractivity contribution in [3.8, 4) is 0 Å². The van der Waals surface area contributed by atoms with Crippen LogP contribution in [0.3, 0.4) is 0 Å². The Morgan fingerprint density at radius 1 is 1.10 bits per heavy atom. The number of carboxylic acid groups (broad SMARTS) is 1. The van der Waals surface area contributed by atoms with E-state index in [4.69, 9.17) is 15.9 Å². The van der Waals surface area contributed by atoms with Crippen molar-refractivity contribution in [1.82, 2.24) is 14.9 Å². The number of nitrogens with one attached hydrogen (secondary N) is 3. The number of aliphatic carboxylic acids is 1. The number of nitrogens with zero attached hydrogens (tertiary/aromatic N) is 1. The molecule has 2 aromatic rings. The van der Waals surface area contributed by atoms with Crippen LogP contribution in [0.4, 0.5) is 0 Å². The third-order valence-corrected chi connectivity index (χ3v) is 8.14. The van der Waals surface area contributed by atoms with E-state index >= 15 is 0 Å². The Labute approximate surface area is 227 Å². The van der Waals surface area contributed by atoms with Gasteiger partial charge in [-0.15, -0.1) is 0 Å². The number of hydrogen-bond acceptors (Lipinski definition) is 7. The number of hydrogen-bond donors (Lipinski definition) is 5. The predicted octanol–water partition coefficient (Wildman–Crippen LogP) is 1.07. The molecule has 210 valence electrons. The fraction of sp³-hybridized carbons (Fsp3) is 0.385. The van der Waals surface area contributed by atoms with Crippen LogP contribution in [-0.4, -0.2) is 73.4 Å². The van der Waals surface area contributed by atoms with Crippen molar-refractivity contribution in [3.05, 3.63) is 65.7 Å². The number of esters is 1. The van der Waals surface area contributed by atoms with Crippen molar-refractivity contribution in [3.63, 3.8) is 0 Å². The van der Waals surface area contributed by atoms with Gasteiger partial charge in [0.15, 0.2) is 5.96 Å². The van der Waals surface area contributed by atoms with Crippen molar-refractivity contribution in [2.75, 3.05) is 19.7 Å². The second-order valence-corrected chi connectivity index (χ2v) is 11.0. The smallest absolute Gasteiger partial charge is 0.338 e. The zero-order valence-corrected chi connectivity index (χ0v) is 22.2. The largest absolute Gasteiger partial charge is 0.480 e. The Hall–Kier alpha value is -3.97. The molecule has 1 amide bonds. The second-order valence-electron chi connectivity index (χ2n) is 9.07. The van der Waals surface area contributed by atoms with Crippen LogP contribution in [-0.2, 0) is 30.8 Å². The van der Waals surface area contributed by atoms with Crippen LogP contribution < -0.4 is 16.4 Å². The molecule has 1 heterocycles. The van der Waals surface area contributed by atoms with E-state index in [-0.39, 0.29) is 36.8 Å². The van der Waals surface area contributed by atoms with Gasteiger partial charge in [-0.05, 0) is 55.5 Å². The highest BCUT2D eigenvalue weighted by Crippen LogP contribution is 2.26. The first-order chi connectivity index (χ1) is 18.6. The van der Waals surface area contributed by atoms with E-state index in [0.29, 0.717) is 36.9 Å². The lowest BCUT2D eigenvalue weighted by Gasteiger charge is -2.25. The molecular weight excluding hydrogens is 526 g/mol. The molecule has 0 saturated carbocycles. The van der Waals surface area contributed by atoms with Crippen LogP contribution in [0, 0.1) is 5.41 Å². The highest BCUT2D eigenvalue weighted by molar-refractivity contribution is 7.89. The molecule has 0 radical (unpaired) electrons. The lowest BCUT2D eigenvalue weighted by molar-refractivity contribution is -0.142. The van der Waals surface area contributed by atoms with Crippen molar-refractivity contribution in [2.45, 2.75) is 49.1 Å². The van der Waals surface area contributed by atoms with Crippen LogP contribution in [0.25, 0.3) is 0 Å². The molecule has 1 saturated heterocycles. The lowest BCUT2D eigenvalue weighted by atomic mass is 10.0. The molecule has 39 heavy (non-hydrogen) atoms. The summed E-state index contributed by atoms with van der Waals surface area (Å²) >= 11 is 0. The Kier molecular flexibility index (Phi) is 10.4. The van der Waals surface area contributed by atoms with Crippen LogP contribution in [0.5, 0.6) is 0 Å². The Balaban J connectivity index is 1.56. The molecule has 0 bridgehead atoms. The van der Waals surface area contributed by atoms with E-state index in [2.05, 4.69) is 10.6 Å². The molecule has 2 aromatic carbocycles. The summed E-state index contributed by atoms with van der Waals surface area (Å²) in [6.45, 7) is 0.871. The summed E-state index contributed by atoms with van der Waals surface area (Å²) in [5, 5.41) is 21.9. The number of carbonyl (C=O) groups excluding carboxylic acids is 2. The number of rotatable bonds is 13. The predicted molar refractivity (Wildman–Crippen MR) is 143 cm³/mol. The second kappa shape index (κ2) is 13.7. The van der Waals surface area contributed by atoms with E-state index in [1.165, 1.54) is 24.3 Å². The molecule has 1 fully saturated rings. The average Bonchev–Trinajstić information content (AvgIpc) is 3.42. The van der Waals surface area contributed by atoms with Crippen LogP contribution in [0.1, 0.15) is 41.6 Å². The van der Waals surface area contributed by atoms with Gasteiger partial charge in [0, 0.05) is 19.5 Å². The van der Waals surface area contributed by atoms with Gasteiger partial charge in [-0.3, -0.25) is 10.2 Å². The highest BCUT2D eigenvalue weighted by Gasteiger charge is 2.40. The maximum Gasteiger partial charge on any atom is 0.338 e. The number of sulfonamides is 1. The molecule has 0 unspecified atom stereocenters. The summed E-state index contributed by atoms with van der Waals surface area (Å²) in [5.74, 6) is -2.57. The van der Waals surface area contributed by atoms with E-state index in [1.54, 1.807) is 30.3 Å². The quantitative estimate of drug-likeness (QED) is 0.103.